The van der Waals surface area contributed by atoms with Crippen molar-refractivity contribution in [2.45, 2.75) is 6.92 Å². The van der Waals surface area contributed by atoms with E-state index in [1.807, 2.05) is 50.2 Å². The van der Waals surface area contributed by atoms with Crippen molar-refractivity contribution in [2.24, 2.45) is 0 Å². The summed E-state index contributed by atoms with van der Waals surface area (Å²) in [7, 11) is 3.86. The number of anilines is 1. The molecule has 1 rings (SSSR count). The Balaban J connectivity index is 2.31. The van der Waals surface area contributed by atoms with Crippen LogP contribution in [-0.2, 0) is 4.74 Å². The van der Waals surface area contributed by atoms with Crippen LogP contribution in [-0.4, -0.2) is 38.2 Å². The zero-order chi connectivity index (χ0) is 12.0. The van der Waals surface area contributed by atoms with Crippen molar-refractivity contribution >= 4 is 11.8 Å². The number of likely N-dealkylation sites (N-methyl/N-ethyl adjacent to an activating group) is 1. The third-order valence-corrected chi connectivity index (χ3v) is 2.07. The van der Waals surface area contributed by atoms with Gasteiger partial charge in [0.2, 0.25) is 0 Å². The molecule has 1 aromatic rings. The second-order valence-corrected chi connectivity index (χ2v) is 3.93. The highest BCUT2D eigenvalue weighted by Gasteiger charge is 2.02. The lowest BCUT2D eigenvalue weighted by molar-refractivity contribution is 0.151. The molecule has 0 saturated heterocycles. The maximum Gasteiger partial charge on any atom is 0.411 e. The molecule has 4 heteroatoms. The molecule has 0 radical (unpaired) electrons. The molecule has 1 aromatic carbocycles. The first-order valence-corrected chi connectivity index (χ1v) is 5.23. The highest BCUT2D eigenvalue weighted by molar-refractivity contribution is 5.84. The Kier molecular flexibility index (Phi) is 4.79. The van der Waals surface area contributed by atoms with Gasteiger partial charge in [-0.25, -0.2) is 4.79 Å². The van der Waals surface area contributed by atoms with Gasteiger partial charge in [-0.1, -0.05) is 17.7 Å². The second kappa shape index (κ2) is 6.12. The third kappa shape index (κ3) is 4.79. The number of aryl methyl sites for hydroxylation is 1. The zero-order valence-corrected chi connectivity index (χ0v) is 9.99. The fourth-order valence-electron chi connectivity index (χ4n) is 1.11. The fraction of sp³-hybridized carbons (Fsp3) is 0.417. The van der Waals surface area contributed by atoms with Gasteiger partial charge in [0.25, 0.3) is 0 Å². The standard InChI is InChI=1S/C12H18N2O2/c1-10-4-6-11(7-5-10)13-12(15)16-9-8-14(2)3/h4-7H,8-9H2,1-3H3,(H,13,15). The van der Waals surface area contributed by atoms with E-state index in [0.717, 1.165) is 17.8 Å². The lowest BCUT2D eigenvalue weighted by Gasteiger charge is -2.10. The smallest absolute Gasteiger partial charge is 0.411 e. The summed E-state index contributed by atoms with van der Waals surface area (Å²) in [5.74, 6) is 0. The van der Waals surface area contributed by atoms with Gasteiger partial charge in [-0.05, 0) is 33.2 Å². The predicted molar refractivity (Wildman–Crippen MR) is 64.7 cm³/mol. The summed E-state index contributed by atoms with van der Waals surface area (Å²) < 4.78 is 5.00. The van der Waals surface area contributed by atoms with Crippen LogP contribution in [0, 0.1) is 6.92 Å². The molecule has 0 atom stereocenters. The molecule has 4 nitrogen and oxygen atoms in total. The van der Waals surface area contributed by atoms with Gasteiger partial charge in [0, 0.05) is 12.2 Å². The topological polar surface area (TPSA) is 41.6 Å². The Morgan fingerprint density at radius 1 is 1.31 bits per heavy atom. The third-order valence-electron chi connectivity index (χ3n) is 2.07. The van der Waals surface area contributed by atoms with Crippen LogP contribution in [0.2, 0.25) is 0 Å². The van der Waals surface area contributed by atoms with Gasteiger partial charge in [0.15, 0.2) is 0 Å². The van der Waals surface area contributed by atoms with Crippen molar-refractivity contribution in [1.29, 1.82) is 0 Å². The molecule has 0 unspecified atom stereocenters. The maximum absolute atomic E-state index is 11.3. The zero-order valence-electron chi connectivity index (χ0n) is 9.99. The van der Waals surface area contributed by atoms with Gasteiger partial charge in [0.1, 0.15) is 6.61 Å². The summed E-state index contributed by atoms with van der Waals surface area (Å²) in [5.41, 5.74) is 1.91. The van der Waals surface area contributed by atoms with Crippen molar-refractivity contribution in [1.82, 2.24) is 4.90 Å². The van der Waals surface area contributed by atoms with Crippen molar-refractivity contribution in [3.63, 3.8) is 0 Å². The lowest BCUT2D eigenvalue weighted by Crippen LogP contribution is -2.22. The summed E-state index contributed by atoms with van der Waals surface area (Å²) in [4.78, 5) is 13.3. The van der Waals surface area contributed by atoms with Crippen molar-refractivity contribution in [2.75, 3.05) is 32.6 Å². The predicted octanol–water partition coefficient (Wildman–Crippen LogP) is 2.11. The quantitative estimate of drug-likeness (QED) is 0.848. The van der Waals surface area contributed by atoms with Crippen molar-refractivity contribution in [3.05, 3.63) is 29.8 Å². The number of nitrogens with one attached hydrogen (secondary N) is 1. The van der Waals surface area contributed by atoms with Crippen molar-refractivity contribution in [3.8, 4) is 0 Å². The van der Waals surface area contributed by atoms with E-state index in [1.165, 1.54) is 0 Å². The molecule has 0 spiro atoms. The number of hydrogen-bond donors (Lipinski definition) is 1. The average Bonchev–Trinajstić information content (AvgIpc) is 2.21. The SMILES string of the molecule is Cc1ccc(NC(=O)OCCN(C)C)cc1. The normalized spacial score (nSPS) is 10.2. The first kappa shape index (κ1) is 12.5. The highest BCUT2D eigenvalue weighted by Crippen LogP contribution is 2.08. The summed E-state index contributed by atoms with van der Waals surface area (Å²) in [6.45, 7) is 3.12. The molecule has 1 N–H and O–H groups in total. The van der Waals surface area contributed by atoms with Crippen LogP contribution in [0.15, 0.2) is 24.3 Å². The number of benzene rings is 1. The van der Waals surface area contributed by atoms with Gasteiger partial charge in [-0.2, -0.15) is 0 Å². The van der Waals surface area contributed by atoms with Crippen molar-refractivity contribution < 1.29 is 9.53 Å². The van der Waals surface area contributed by atoms with E-state index >= 15 is 0 Å². The monoisotopic (exact) mass is 222 g/mol. The number of nitrogens with zero attached hydrogens (tertiary/aromatic N) is 1. The number of ether oxygens (including phenoxy) is 1. The summed E-state index contributed by atoms with van der Waals surface area (Å²) in [6, 6.07) is 7.58. The van der Waals surface area contributed by atoms with Gasteiger partial charge in [0.05, 0.1) is 0 Å². The van der Waals surface area contributed by atoms with E-state index in [2.05, 4.69) is 5.32 Å². The Bertz CT molecular complexity index is 333. The summed E-state index contributed by atoms with van der Waals surface area (Å²) in [5, 5.41) is 2.66. The van der Waals surface area contributed by atoms with E-state index in [0.29, 0.717) is 6.61 Å². The molecule has 0 saturated carbocycles. The Morgan fingerprint density at radius 3 is 2.50 bits per heavy atom. The van der Waals surface area contributed by atoms with E-state index in [1.54, 1.807) is 0 Å². The molecule has 0 aliphatic carbocycles. The van der Waals surface area contributed by atoms with Crippen LogP contribution in [0.4, 0.5) is 10.5 Å². The molecule has 0 bridgehead atoms. The van der Waals surface area contributed by atoms with Gasteiger partial charge >= 0.3 is 6.09 Å². The second-order valence-electron chi connectivity index (χ2n) is 3.93. The minimum atomic E-state index is -0.411. The van der Waals surface area contributed by atoms with Crippen LogP contribution in [0.25, 0.3) is 0 Å². The Labute approximate surface area is 96.2 Å². The average molecular weight is 222 g/mol. The van der Waals surface area contributed by atoms with Crippen LogP contribution in [0.1, 0.15) is 5.56 Å². The van der Waals surface area contributed by atoms with E-state index in [9.17, 15) is 4.79 Å². The van der Waals surface area contributed by atoms with Gasteiger partial charge in [-0.15, -0.1) is 0 Å². The van der Waals surface area contributed by atoms with E-state index in [-0.39, 0.29) is 0 Å². The molecule has 0 heterocycles. The van der Waals surface area contributed by atoms with E-state index < -0.39 is 6.09 Å². The fourth-order valence-corrected chi connectivity index (χ4v) is 1.11. The number of carbonyl (C=O) groups is 1. The van der Waals surface area contributed by atoms with Crippen LogP contribution in [0.5, 0.6) is 0 Å². The molecule has 1 amide bonds. The van der Waals surface area contributed by atoms with E-state index in [4.69, 9.17) is 4.74 Å². The van der Waals surface area contributed by atoms with Gasteiger partial charge in [-0.3, -0.25) is 5.32 Å². The largest absolute Gasteiger partial charge is 0.448 e. The summed E-state index contributed by atoms with van der Waals surface area (Å²) >= 11 is 0. The maximum atomic E-state index is 11.3. The molecule has 0 fully saturated rings. The lowest BCUT2D eigenvalue weighted by atomic mass is 10.2. The first-order chi connectivity index (χ1) is 7.58. The number of carbonyl (C=O) groups excluding carboxylic acids is 1. The highest BCUT2D eigenvalue weighted by atomic mass is 16.5. The minimum absolute atomic E-state index is 0.394. The summed E-state index contributed by atoms with van der Waals surface area (Å²) in [6.07, 6.45) is -0.411. The van der Waals surface area contributed by atoms with Crippen LogP contribution >= 0.6 is 0 Å². The Hall–Kier alpha value is -1.55. The number of hydrogen-bond acceptors (Lipinski definition) is 3. The van der Waals surface area contributed by atoms with Crippen LogP contribution in [0.3, 0.4) is 0 Å². The Morgan fingerprint density at radius 2 is 1.94 bits per heavy atom. The molecule has 88 valence electrons. The molecule has 0 aliphatic rings. The molecular weight excluding hydrogens is 204 g/mol. The minimum Gasteiger partial charge on any atom is -0.448 e. The molecular formula is C12H18N2O2. The van der Waals surface area contributed by atoms with Crippen LogP contribution < -0.4 is 5.32 Å². The van der Waals surface area contributed by atoms with Gasteiger partial charge < -0.3 is 9.64 Å². The molecule has 0 aliphatic heterocycles. The number of rotatable bonds is 4. The number of amides is 1. The molecule has 16 heavy (non-hydrogen) atoms. The first-order valence-electron chi connectivity index (χ1n) is 5.23. The molecule has 0 aromatic heterocycles.